The summed E-state index contributed by atoms with van der Waals surface area (Å²) in [5.74, 6) is 0.502. The molecule has 0 unspecified atom stereocenters. The highest BCUT2D eigenvalue weighted by molar-refractivity contribution is 5.95. The van der Waals surface area contributed by atoms with Gasteiger partial charge in [-0.05, 0) is 12.5 Å². The highest BCUT2D eigenvalue weighted by Gasteiger charge is 2.15. The number of furan rings is 1. The molecule has 1 aromatic rings. The summed E-state index contributed by atoms with van der Waals surface area (Å²) in [7, 11) is 0. The average molecular weight is 211 g/mol. The number of hydrogen-bond acceptors (Lipinski definition) is 3. The minimum Gasteiger partial charge on any atom is -0.469 e. The molecule has 2 N–H and O–H groups in total. The lowest BCUT2D eigenvalue weighted by Crippen LogP contribution is -2.37. The zero-order valence-corrected chi connectivity index (χ0v) is 9.12. The molecule has 4 heteroatoms. The van der Waals surface area contributed by atoms with Gasteiger partial charge in [-0.3, -0.25) is 4.79 Å². The first kappa shape index (κ1) is 11.8. The molecule has 0 radical (unpaired) electrons. The van der Waals surface area contributed by atoms with Crippen molar-refractivity contribution in [3.63, 3.8) is 0 Å². The van der Waals surface area contributed by atoms with Crippen molar-refractivity contribution in [2.45, 2.75) is 32.7 Å². The van der Waals surface area contributed by atoms with E-state index in [0.717, 1.165) is 0 Å². The predicted octanol–water partition coefficient (Wildman–Crippen LogP) is 1.34. The van der Waals surface area contributed by atoms with Crippen LogP contribution in [-0.4, -0.2) is 23.7 Å². The Morgan fingerprint density at radius 1 is 1.60 bits per heavy atom. The smallest absolute Gasteiger partial charge is 0.255 e. The summed E-state index contributed by atoms with van der Waals surface area (Å²) in [5.41, 5.74) is 0.560. The molecule has 1 rings (SSSR count). The Hall–Kier alpha value is -1.29. The summed E-state index contributed by atoms with van der Waals surface area (Å²) in [6, 6.07) is 1.47. The van der Waals surface area contributed by atoms with Crippen LogP contribution in [-0.2, 0) is 6.42 Å². The third kappa shape index (κ3) is 2.83. The molecule has 0 aliphatic carbocycles. The van der Waals surface area contributed by atoms with E-state index >= 15 is 0 Å². The molecule has 15 heavy (non-hydrogen) atoms. The summed E-state index contributed by atoms with van der Waals surface area (Å²) in [6.45, 7) is 3.80. The Morgan fingerprint density at radius 2 is 2.33 bits per heavy atom. The molecule has 0 bridgehead atoms. The Kier molecular flexibility index (Phi) is 4.37. The zero-order chi connectivity index (χ0) is 11.3. The molecular weight excluding hydrogens is 194 g/mol. The largest absolute Gasteiger partial charge is 0.469 e. The number of aliphatic hydroxyl groups is 1. The molecule has 1 atom stereocenters. The van der Waals surface area contributed by atoms with Gasteiger partial charge in [0.15, 0.2) is 0 Å². The van der Waals surface area contributed by atoms with Gasteiger partial charge in [-0.1, -0.05) is 13.8 Å². The van der Waals surface area contributed by atoms with E-state index in [1.54, 1.807) is 6.07 Å². The van der Waals surface area contributed by atoms with Gasteiger partial charge in [0.2, 0.25) is 0 Å². The predicted molar refractivity (Wildman–Crippen MR) is 56.7 cm³/mol. The Labute approximate surface area is 89.3 Å². The first-order valence-corrected chi connectivity index (χ1v) is 5.21. The van der Waals surface area contributed by atoms with E-state index in [1.807, 2.05) is 13.8 Å². The van der Waals surface area contributed by atoms with Gasteiger partial charge >= 0.3 is 0 Å². The summed E-state index contributed by atoms with van der Waals surface area (Å²) in [5, 5.41) is 11.7. The Bertz CT molecular complexity index is 315. The fraction of sp³-hybridized carbons (Fsp3) is 0.545. The van der Waals surface area contributed by atoms with Crippen molar-refractivity contribution in [3.8, 4) is 0 Å². The maximum absolute atomic E-state index is 11.7. The number of amides is 1. The molecule has 0 aromatic carbocycles. The van der Waals surface area contributed by atoms with E-state index < -0.39 is 0 Å². The van der Waals surface area contributed by atoms with Crippen LogP contribution in [0.3, 0.4) is 0 Å². The van der Waals surface area contributed by atoms with Crippen molar-refractivity contribution in [1.29, 1.82) is 0 Å². The van der Waals surface area contributed by atoms with E-state index in [4.69, 9.17) is 9.52 Å². The average Bonchev–Trinajstić information content (AvgIpc) is 2.73. The number of carbonyl (C=O) groups is 1. The SMILES string of the molecule is CCc1occc1C(=O)N[C@@H](CC)CO. The summed E-state index contributed by atoms with van der Waals surface area (Å²) in [6.07, 6.45) is 2.90. The molecule has 0 aliphatic rings. The highest BCUT2D eigenvalue weighted by atomic mass is 16.3. The van der Waals surface area contributed by atoms with E-state index in [-0.39, 0.29) is 18.6 Å². The molecule has 1 amide bonds. The van der Waals surface area contributed by atoms with Crippen LogP contribution in [0.15, 0.2) is 16.7 Å². The van der Waals surface area contributed by atoms with Crippen LogP contribution in [0.1, 0.15) is 36.4 Å². The summed E-state index contributed by atoms with van der Waals surface area (Å²) >= 11 is 0. The Balaban J connectivity index is 2.68. The van der Waals surface area contributed by atoms with Crippen molar-refractivity contribution in [2.24, 2.45) is 0 Å². The van der Waals surface area contributed by atoms with E-state index in [0.29, 0.717) is 24.2 Å². The van der Waals surface area contributed by atoms with Gasteiger partial charge in [0.05, 0.1) is 24.5 Å². The number of carbonyl (C=O) groups excluding carboxylic acids is 1. The fourth-order valence-electron chi connectivity index (χ4n) is 1.36. The van der Waals surface area contributed by atoms with Gasteiger partial charge in [-0.25, -0.2) is 0 Å². The van der Waals surface area contributed by atoms with Crippen molar-refractivity contribution in [2.75, 3.05) is 6.61 Å². The molecule has 0 aliphatic heterocycles. The molecule has 0 fully saturated rings. The van der Waals surface area contributed by atoms with Crippen LogP contribution in [0.2, 0.25) is 0 Å². The topological polar surface area (TPSA) is 62.5 Å². The van der Waals surface area contributed by atoms with Crippen LogP contribution in [0.25, 0.3) is 0 Å². The monoisotopic (exact) mass is 211 g/mol. The maximum Gasteiger partial charge on any atom is 0.255 e. The van der Waals surface area contributed by atoms with Crippen molar-refractivity contribution >= 4 is 5.91 Å². The first-order chi connectivity index (χ1) is 7.22. The molecular formula is C11H17NO3. The third-order valence-corrected chi connectivity index (χ3v) is 2.36. The van der Waals surface area contributed by atoms with Gasteiger partial charge in [-0.15, -0.1) is 0 Å². The normalized spacial score (nSPS) is 12.5. The van der Waals surface area contributed by atoms with Gasteiger partial charge in [0.1, 0.15) is 5.76 Å². The number of aliphatic hydroxyl groups excluding tert-OH is 1. The first-order valence-electron chi connectivity index (χ1n) is 5.21. The van der Waals surface area contributed by atoms with Gasteiger partial charge < -0.3 is 14.8 Å². The van der Waals surface area contributed by atoms with E-state index in [9.17, 15) is 4.79 Å². The fourth-order valence-corrected chi connectivity index (χ4v) is 1.36. The molecule has 0 saturated heterocycles. The van der Waals surface area contributed by atoms with E-state index in [1.165, 1.54) is 6.26 Å². The van der Waals surface area contributed by atoms with Crippen LogP contribution >= 0.6 is 0 Å². The lowest BCUT2D eigenvalue weighted by molar-refractivity contribution is 0.0913. The van der Waals surface area contributed by atoms with Gasteiger partial charge in [0, 0.05) is 6.42 Å². The minimum absolute atomic E-state index is 0.0401. The van der Waals surface area contributed by atoms with Gasteiger partial charge in [0.25, 0.3) is 5.91 Å². The number of nitrogens with one attached hydrogen (secondary N) is 1. The van der Waals surface area contributed by atoms with Crippen LogP contribution in [0.5, 0.6) is 0 Å². The molecule has 1 heterocycles. The van der Waals surface area contributed by atoms with Gasteiger partial charge in [-0.2, -0.15) is 0 Å². The number of aryl methyl sites for hydroxylation is 1. The minimum atomic E-state index is -0.183. The lowest BCUT2D eigenvalue weighted by Gasteiger charge is -2.13. The van der Waals surface area contributed by atoms with Crippen LogP contribution in [0, 0.1) is 0 Å². The molecule has 0 saturated carbocycles. The molecule has 0 spiro atoms. The van der Waals surface area contributed by atoms with E-state index in [2.05, 4.69) is 5.32 Å². The van der Waals surface area contributed by atoms with Crippen molar-refractivity contribution < 1.29 is 14.3 Å². The van der Waals surface area contributed by atoms with Crippen LogP contribution in [0.4, 0.5) is 0 Å². The second-order valence-electron chi connectivity index (χ2n) is 3.37. The second-order valence-corrected chi connectivity index (χ2v) is 3.37. The molecule has 84 valence electrons. The number of hydrogen-bond donors (Lipinski definition) is 2. The van der Waals surface area contributed by atoms with Crippen LogP contribution < -0.4 is 5.32 Å². The summed E-state index contributed by atoms with van der Waals surface area (Å²) in [4.78, 5) is 11.7. The standard InChI is InChI=1S/C11H17NO3/c1-3-8(7-13)12-11(14)9-5-6-15-10(9)4-2/h5-6,8,13H,3-4,7H2,1-2H3,(H,12,14)/t8-/m0/s1. The maximum atomic E-state index is 11.7. The Morgan fingerprint density at radius 3 is 2.87 bits per heavy atom. The van der Waals surface area contributed by atoms with Crippen molar-refractivity contribution in [3.05, 3.63) is 23.7 Å². The molecule has 4 nitrogen and oxygen atoms in total. The van der Waals surface area contributed by atoms with Crippen molar-refractivity contribution in [1.82, 2.24) is 5.32 Å². The lowest BCUT2D eigenvalue weighted by atomic mass is 10.1. The number of rotatable bonds is 5. The molecule has 1 aromatic heterocycles. The zero-order valence-electron chi connectivity index (χ0n) is 9.12. The highest BCUT2D eigenvalue weighted by Crippen LogP contribution is 2.11. The summed E-state index contributed by atoms with van der Waals surface area (Å²) < 4.78 is 5.16. The quantitative estimate of drug-likeness (QED) is 0.772. The third-order valence-electron chi connectivity index (χ3n) is 2.36. The second kappa shape index (κ2) is 5.56.